The van der Waals surface area contributed by atoms with Gasteiger partial charge in [-0.2, -0.15) is 8.42 Å². The number of benzene rings is 3. The summed E-state index contributed by atoms with van der Waals surface area (Å²) in [5.41, 5.74) is 1.46. The molecule has 1 saturated heterocycles. The second-order valence-corrected chi connectivity index (χ2v) is 14.9. The number of aliphatic hydroxyl groups excluding tert-OH is 1. The molecule has 0 amide bonds. The summed E-state index contributed by atoms with van der Waals surface area (Å²) in [7, 11) is -4.91. The zero-order valence-electron chi connectivity index (χ0n) is 23.9. The van der Waals surface area contributed by atoms with Crippen molar-refractivity contribution in [1.29, 1.82) is 0 Å². The lowest BCUT2D eigenvalue weighted by atomic mass is 10.00. The number of alkyl halides is 3. The number of carbonyl (C=O) groups excluding carboxylic acids is 1. The van der Waals surface area contributed by atoms with Gasteiger partial charge in [-0.1, -0.05) is 125 Å². The Morgan fingerprint density at radius 1 is 0.911 bits per heavy atom. The van der Waals surface area contributed by atoms with Crippen LogP contribution in [0.3, 0.4) is 0 Å². The van der Waals surface area contributed by atoms with Crippen LogP contribution in [0, 0.1) is 6.92 Å². The molecule has 45 heavy (non-hydrogen) atoms. The fourth-order valence-electron chi connectivity index (χ4n) is 4.14. The van der Waals surface area contributed by atoms with Crippen LogP contribution in [0.15, 0.2) is 89.8 Å². The first-order chi connectivity index (χ1) is 21.4. The van der Waals surface area contributed by atoms with E-state index in [0.29, 0.717) is 10.5 Å². The summed E-state index contributed by atoms with van der Waals surface area (Å²) in [6.45, 7) is 0.932. The van der Waals surface area contributed by atoms with Gasteiger partial charge in [0.1, 0.15) is 37.0 Å². The largest absolute Gasteiger partial charge is 0.509 e. The van der Waals surface area contributed by atoms with Crippen molar-refractivity contribution in [1.82, 2.24) is 0 Å². The van der Waals surface area contributed by atoms with Crippen molar-refractivity contribution in [2.75, 3.05) is 13.2 Å². The predicted octanol–water partition coefficient (Wildman–Crippen LogP) is 6.13. The van der Waals surface area contributed by atoms with Crippen molar-refractivity contribution in [3.05, 3.63) is 102 Å². The van der Waals surface area contributed by atoms with Crippen LogP contribution in [0.1, 0.15) is 16.7 Å². The van der Waals surface area contributed by atoms with Crippen molar-refractivity contribution in [3.63, 3.8) is 0 Å². The Labute approximate surface area is 281 Å². The van der Waals surface area contributed by atoms with Gasteiger partial charge in [-0.15, -0.1) is 0 Å². The van der Waals surface area contributed by atoms with E-state index < -0.39 is 56.8 Å². The van der Waals surface area contributed by atoms with Crippen molar-refractivity contribution >= 4 is 63.1 Å². The van der Waals surface area contributed by atoms with E-state index in [2.05, 4.69) is 0 Å². The molecule has 0 spiro atoms. The molecule has 0 aliphatic carbocycles. The number of ether oxygens (including phenoxy) is 4. The fraction of sp³-hybridized carbons (Fsp3) is 0.367. The van der Waals surface area contributed by atoms with E-state index in [1.165, 1.54) is 0 Å². The van der Waals surface area contributed by atoms with Crippen molar-refractivity contribution in [3.8, 4) is 0 Å². The van der Waals surface area contributed by atoms with Gasteiger partial charge in [-0.25, -0.2) is 13.2 Å². The van der Waals surface area contributed by atoms with Crippen LogP contribution in [0.5, 0.6) is 0 Å². The Morgan fingerprint density at radius 3 is 2.11 bits per heavy atom. The van der Waals surface area contributed by atoms with Crippen LogP contribution >= 0.6 is 46.6 Å². The fourth-order valence-corrected chi connectivity index (χ4v) is 6.47. The Morgan fingerprint density at radius 2 is 1.51 bits per heavy atom. The third kappa shape index (κ3) is 11.9. The summed E-state index contributed by atoms with van der Waals surface area (Å²) in [6.07, 6.45) is -7.22. The van der Waals surface area contributed by atoms with E-state index in [1.807, 2.05) is 67.6 Å². The summed E-state index contributed by atoms with van der Waals surface area (Å²) >= 11 is 18.1. The Kier molecular flexibility index (Phi) is 13.2. The SMILES string of the molecule is Cc1ccc(S[C@@H]2O[C@H](COCc3ccccc3)[C@H](O)[C@H](OS(=O)(=O)OCC(Cl)(Cl)Cl)[C@H]2OC(=O)OCc2ccccc2)cc1. The van der Waals surface area contributed by atoms with Crippen LogP contribution in [-0.2, 0) is 50.9 Å². The molecule has 1 aliphatic heterocycles. The molecule has 1 aliphatic rings. The second kappa shape index (κ2) is 16.6. The van der Waals surface area contributed by atoms with Crippen LogP contribution < -0.4 is 0 Å². The molecule has 0 bridgehead atoms. The molecule has 15 heteroatoms. The third-order valence-corrected chi connectivity index (χ3v) is 8.66. The number of carbonyl (C=O) groups is 1. The van der Waals surface area contributed by atoms with Gasteiger partial charge in [0.15, 0.2) is 6.10 Å². The first-order valence-electron chi connectivity index (χ1n) is 13.6. The van der Waals surface area contributed by atoms with Gasteiger partial charge in [0.2, 0.25) is 3.79 Å². The highest BCUT2D eigenvalue weighted by Crippen LogP contribution is 2.37. The molecular weight excluding hydrogens is 691 g/mol. The number of aryl methyl sites for hydroxylation is 1. The maximum atomic E-state index is 12.9. The smallest absolute Gasteiger partial charge is 0.429 e. The zero-order valence-corrected chi connectivity index (χ0v) is 27.8. The Hall–Kier alpha value is -2.10. The summed E-state index contributed by atoms with van der Waals surface area (Å²) in [4.78, 5) is 13.6. The first-order valence-corrected chi connectivity index (χ1v) is 16.9. The average Bonchev–Trinajstić information content (AvgIpc) is 3.01. The summed E-state index contributed by atoms with van der Waals surface area (Å²) in [5, 5.41) is 11.4. The van der Waals surface area contributed by atoms with Crippen LogP contribution in [-0.4, -0.2) is 66.5 Å². The van der Waals surface area contributed by atoms with Gasteiger partial charge in [0.25, 0.3) is 0 Å². The lowest BCUT2D eigenvalue weighted by Crippen LogP contribution is -2.60. The van der Waals surface area contributed by atoms with Crippen molar-refractivity contribution in [2.24, 2.45) is 0 Å². The molecular formula is C30H31Cl3O10S2. The molecule has 0 unspecified atom stereocenters. The van der Waals surface area contributed by atoms with Gasteiger partial charge in [0.05, 0.1) is 13.2 Å². The van der Waals surface area contributed by atoms with Gasteiger partial charge < -0.3 is 24.1 Å². The van der Waals surface area contributed by atoms with E-state index in [-0.39, 0.29) is 19.8 Å². The predicted molar refractivity (Wildman–Crippen MR) is 169 cm³/mol. The summed E-state index contributed by atoms with van der Waals surface area (Å²) in [6, 6.07) is 25.5. The summed E-state index contributed by atoms with van der Waals surface area (Å²) in [5.74, 6) is 0. The summed E-state index contributed by atoms with van der Waals surface area (Å²) < 4.78 is 56.5. The molecule has 5 atom stereocenters. The Balaban J connectivity index is 1.59. The number of aliphatic hydroxyl groups is 1. The van der Waals surface area contributed by atoms with Gasteiger partial charge in [0, 0.05) is 4.90 Å². The molecule has 0 radical (unpaired) electrons. The van der Waals surface area contributed by atoms with E-state index in [1.54, 1.807) is 24.3 Å². The first kappa shape index (κ1) is 35.7. The quantitative estimate of drug-likeness (QED) is 0.162. The minimum absolute atomic E-state index is 0.127. The maximum Gasteiger partial charge on any atom is 0.509 e. The molecule has 1 fully saturated rings. The van der Waals surface area contributed by atoms with E-state index in [4.69, 9.17) is 62.1 Å². The normalized spacial score (nSPS) is 22.1. The van der Waals surface area contributed by atoms with E-state index in [9.17, 15) is 18.3 Å². The number of hydrogen-bond acceptors (Lipinski definition) is 11. The van der Waals surface area contributed by atoms with Crippen LogP contribution in [0.4, 0.5) is 4.79 Å². The highest BCUT2D eigenvalue weighted by atomic mass is 35.6. The highest BCUT2D eigenvalue weighted by molar-refractivity contribution is 7.99. The number of rotatable bonds is 13. The molecule has 1 N–H and O–H groups in total. The standard InChI is InChI=1S/C30H31Cl3O10S2/c1-20-12-14-23(15-13-20)44-28-27(42-29(35)39-17-22-10-6-3-7-11-22)26(43-45(36,37)40-19-30(31,32)33)25(34)24(41-28)18-38-16-21-8-4-2-5-9-21/h2-15,24-28,34H,16-19H2,1H3/t24-,25+,26+,27-,28+/m1/s1. The van der Waals surface area contributed by atoms with Crippen LogP contribution in [0.2, 0.25) is 0 Å². The molecule has 244 valence electrons. The van der Waals surface area contributed by atoms with E-state index >= 15 is 0 Å². The van der Waals surface area contributed by atoms with Gasteiger partial charge in [-0.3, -0.25) is 0 Å². The molecule has 3 aromatic rings. The maximum absolute atomic E-state index is 12.9. The third-order valence-electron chi connectivity index (χ3n) is 6.31. The molecule has 0 saturated carbocycles. The molecule has 0 aromatic heterocycles. The topological polar surface area (TPSA) is 127 Å². The van der Waals surface area contributed by atoms with Gasteiger partial charge in [-0.05, 0) is 30.2 Å². The lowest BCUT2D eigenvalue weighted by molar-refractivity contribution is -0.208. The second-order valence-electron chi connectivity index (χ2n) is 9.92. The van der Waals surface area contributed by atoms with E-state index in [0.717, 1.165) is 22.9 Å². The Bertz CT molecular complexity index is 1460. The van der Waals surface area contributed by atoms with Gasteiger partial charge >= 0.3 is 16.6 Å². The highest BCUT2D eigenvalue weighted by Gasteiger charge is 2.51. The lowest BCUT2D eigenvalue weighted by Gasteiger charge is -2.42. The molecule has 10 nitrogen and oxygen atoms in total. The molecule has 3 aromatic carbocycles. The number of hydrogen-bond donors (Lipinski definition) is 1. The molecule has 4 rings (SSSR count). The number of halogens is 3. The average molecular weight is 722 g/mol. The zero-order chi connectivity index (χ0) is 32.5. The van der Waals surface area contributed by atoms with Crippen LogP contribution in [0.25, 0.3) is 0 Å². The minimum Gasteiger partial charge on any atom is -0.429 e. The molecule has 1 heterocycles. The van der Waals surface area contributed by atoms with Crippen molar-refractivity contribution < 1.29 is 45.6 Å². The van der Waals surface area contributed by atoms with Crippen molar-refractivity contribution in [2.45, 2.75) is 58.7 Å². The number of thioether (sulfide) groups is 1. The minimum atomic E-state index is -4.91. The monoisotopic (exact) mass is 720 g/mol.